The first-order chi connectivity index (χ1) is 8.97. The van der Waals surface area contributed by atoms with Gasteiger partial charge in [0, 0.05) is 0 Å². The average Bonchev–Trinajstić information content (AvgIpc) is 2.77. The van der Waals surface area contributed by atoms with Gasteiger partial charge in [-0.25, -0.2) is 4.79 Å². The van der Waals surface area contributed by atoms with Crippen LogP contribution < -0.4 is 4.74 Å². The Bertz CT molecular complexity index is 678. The average molecular weight is 283 g/mol. The van der Waals surface area contributed by atoms with Gasteiger partial charge in [0.1, 0.15) is 5.52 Å². The predicted octanol–water partition coefficient (Wildman–Crippen LogP) is 2.52. The van der Waals surface area contributed by atoms with E-state index in [9.17, 15) is 9.59 Å². The number of carbonyl (C=O) groups is 2. The van der Waals surface area contributed by atoms with Crippen LogP contribution in [0.1, 0.15) is 34.7 Å². The first-order valence-electron chi connectivity index (χ1n) is 5.55. The summed E-state index contributed by atoms with van der Waals surface area (Å²) in [6, 6.07) is 1.40. The van der Waals surface area contributed by atoms with Crippen molar-refractivity contribution < 1.29 is 19.4 Å². The molecule has 0 atom stereocenters. The lowest BCUT2D eigenvalue weighted by molar-refractivity contribution is 0.0692. The summed E-state index contributed by atoms with van der Waals surface area (Å²) >= 11 is 6.04. The molecule has 0 saturated carbocycles. The monoisotopic (exact) mass is 282 g/mol. The highest BCUT2D eigenvalue weighted by molar-refractivity contribution is 6.37. The number of ketones is 1. The lowest BCUT2D eigenvalue weighted by Crippen LogP contribution is -2.02. The van der Waals surface area contributed by atoms with Crippen molar-refractivity contribution in [3.05, 3.63) is 22.3 Å². The maximum absolute atomic E-state index is 11.6. The Hall–Kier alpha value is -2.08. The molecular formula is C12H11ClN2O4. The SMILES string of the molecule is CCOc1c(C(C)=O)cc(Cl)c2c(C(=O)O)n[nH]c12. The normalized spacial score (nSPS) is 10.7. The van der Waals surface area contributed by atoms with Crippen molar-refractivity contribution in [3.63, 3.8) is 0 Å². The van der Waals surface area contributed by atoms with E-state index in [-0.39, 0.29) is 27.6 Å². The molecule has 0 aliphatic rings. The summed E-state index contributed by atoms with van der Waals surface area (Å²) in [5.41, 5.74) is 0.410. The van der Waals surface area contributed by atoms with Crippen LogP contribution in [0.5, 0.6) is 5.75 Å². The summed E-state index contributed by atoms with van der Waals surface area (Å²) in [7, 11) is 0. The summed E-state index contributed by atoms with van der Waals surface area (Å²) < 4.78 is 5.42. The van der Waals surface area contributed by atoms with Gasteiger partial charge in [-0.05, 0) is 19.9 Å². The number of halogens is 1. The summed E-state index contributed by atoms with van der Waals surface area (Å²) in [4.78, 5) is 22.7. The van der Waals surface area contributed by atoms with Gasteiger partial charge >= 0.3 is 5.97 Å². The number of rotatable bonds is 4. The number of carbonyl (C=O) groups excluding carboxylic acids is 1. The minimum atomic E-state index is -1.20. The lowest BCUT2D eigenvalue weighted by atomic mass is 10.1. The van der Waals surface area contributed by atoms with Crippen molar-refractivity contribution in [2.24, 2.45) is 0 Å². The molecule has 19 heavy (non-hydrogen) atoms. The number of Topliss-reactive ketones (excluding diaryl/α,β-unsaturated/α-hetero) is 1. The largest absolute Gasteiger partial charge is 0.491 e. The molecule has 0 aliphatic heterocycles. The first-order valence-corrected chi connectivity index (χ1v) is 5.92. The van der Waals surface area contributed by atoms with Gasteiger partial charge in [0.25, 0.3) is 0 Å². The second-order valence-corrected chi connectivity index (χ2v) is 4.26. The number of H-pyrrole nitrogens is 1. The Kier molecular flexibility index (Phi) is 3.44. The van der Waals surface area contributed by atoms with Gasteiger partial charge in [-0.15, -0.1) is 0 Å². The summed E-state index contributed by atoms with van der Waals surface area (Å²) in [6.45, 7) is 3.48. The molecule has 0 amide bonds. The molecule has 0 fully saturated rings. The van der Waals surface area contributed by atoms with E-state index in [1.165, 1.54) is 13.0 Å². The zero-order valence-corrected chi connectivity index (χ0v) is 11.0. The van der Waals surface area contributed by atoms with E-state index in [1.54, 1.807) is 6.92 Å². The highest BCUT2D eigenvalue weighted by Crippen LogP contribution is 2.36. The van der Waals surface area contributed by atoms with Crippen LogP contribution in [-0.4, -0.2) is 33.7 Å². The van der Waals surface area contributed by atoms with E-state index in [2.05, 4.69) is 10.2 Å². The maximum atomic E-state index is 11.6. The number of aromatic amines is 1. The van der Waals surface area contributed by atoms with Crippen molar-refractivity contribution in [1.29, 1.82) is 0 Å². The number of nitrogens with one attached hydrogen (secondary N) is 1. The number of carboxylic acid groups (broad SMARTS) is 1. The van der Waals surface area contributed by atoms with Crippen LogP contribution in [-0.2, 0) is 0 Å². The van der Waals surface area contributed by atoms with E-state index >= 15 is 0 Å². The molecule has 0 unspecified atom stereocenters. The summed E-state index contributed by atoms with van der Waals surface area (Å²) in [5.74, 6) is -1.15. The Morgan fingerprint density at radius 1 is 1.53 bits per heavy atom. The van der Waals surface area contributed by atoms with E-state index in [4.69, 9.17) is 21.4 Å². The van der Waals surface area contributed by atoms with Gasteiger partial charge < -0.3 is 9.84 Å². The smallest absolute Gasteiger partial charge is 0.357 e. The topological polar surface area (TPSA) is 92.3 Å². The maximum Gasteiger partial charge on any atom is 0.357 e. The molecule has 2 N–H and O–H groups in total. The molecule has 0 spiro atoms. The number of fused-ring (bicyclic) bond motifs is 1. The minimum absolute atomic E-state index is 0.148. The fourth-order valence-corrected chi connectivity index (χ4v) is 2.14. The fourth-order valence-electron chi connectivity index (χ4n) is 1.85. The van der Waals surface area contributed by atoms with Crippen molar-refractivity contribution >= 4 is 34.3 Å². The van der Waals surface area contributed by atoms with Crippen LogP contribution in [0.25, 0.3) is 10.9 Å². The molecule has 2 aromatic rings. The van der Waals surface area contributed by atoms with Crippen LogP contribution in [0.4, 0.5) is 0 Å². The molecule has 0 saturated heterocycles. The molecule has 1 aromatic carbocycles. The molecular weight excluding hydrogens is 272 g/mol. The van der Waals surface area contributed by atoms with Crippen molar-refractivity contribution in [2.75, 3.05) is 6.61 Å². The summed E-state index contributed by atoms with van der Waals surface area (Å²) in [5, 5.41) is 15.7. The number of aromatic nitrogens is 2. The molecule has 100 valence electrons. The van der Waals surface area contributed by atoms with Gasteiger partial charge in [-0.2, -0.15) is 5.10 Å². The Morgan fingerprint density at radius 3 is 2.74 bits per heavy atom. The highest BCUT2D eigenvalue weighted by atomic mass is 35.5. The Balaban J connectivity index is 2.86. The molecule has 1 heterocycles. The van der Waals surface area contributed by atoms with Crippen LogP contribution >= 0.6 is 11.6 Å². The van der Waals surface area contributed by atoms with Crippen LogP contribution in [0.3, 0.4) is 0 Å². The number of nitrogens with zero attached hydrogens (tertiary/aromatic N) is 1. The third-order valence-corrected chi connectivity index (χ3v) is 2.92. The standard InChI is InChI=1S/C12H11ClN2O4/c1-3-19-11-6(5(2)16)4-7(13)8-9(11)14-15-10(8)12(17)18/h4H,3H2,1-2H3,(H,14,15)(H,17,18). The summed E-state index contributed by atoms with van der Waals surface area (Å²) in [6.07, 6.45) is 0. The second-order valence-electron chi connectivity index (χ2n) is 3.85. The van der Waals surface area contributed by atoms with Crippen molar-refractivity contribution in [1.82, 2.24) is 10.2 Å². The van der Waals surface area contributed by atoms with Gasteiger partial charge in [0.2, 0.25) is 0 Å². The molecule has 1 aromatic heterocycles. The molecule has 2 rings (SSSR count). The number of carboxylic acids is 1. The van der Waals surface area contributed by atoms with E-state index in [0.29, 0.717) is 17.7 Å². The zero-order chi connectivity index (χ0) is 14.2. The fraction of sp³-hybridized carbons (Fsp3) is 0.250. The third kappa shape index (κ3) is 2.15. The van der Waals surface area contributed by atoms with Gasteiger partial charge in [0.05, 0.1) is 22.6 Å². The Morgan fingerprint density at radius 2 is 2.21 bits per heavy atom. The van der Waals surface area contributed by atoms with Gasteiger partial charge in [0.15, 0.2) is 17.2 Å². The highest BCUT2D eigenvalue weighted by Gasteiger charge is 2.23. The van der Waals surface area contributed by atoms with Gasteiger partial charge in [-0.3, -0.25) is 9.89 Å². The van der Waals surface area contributed by atoms with E-state index in [0.717, 1.165) is 0 Å². The Labute approximate surface area is 113 Å². The number of benzene rings is 1. The van der Waals surface area contributed by atoms with E-state index in [1.807, 2.05) is 0 Å². The molecule has 0 radical (unpaired) electrons. The predicted molar refractivity (Wildman–Crippen MR) is 69.2 cm³/mol. The number of hydrogen-bond acceptors (Lipinski definition) is 4. The number of aromatic carboxylic acids is 1. The zero-order valence-electron chi connectivity index (χ0n) is 10.3. The molecule has 6 nitrogen and oxygen atoms in total. The number of ether oxygens (including phenoxy) is 1. The quantitative estimate of drug-likeness (QED) is 0.841. The minimum Gasteiger partial charge on any atom is -0.491 e. The molecule has 0 bridgehead atoms. The second kappa shape index (κ2) is 4.89. The van der Waals surface area contributed by atoms with E-state index < -0.39 is 5.97 Å². The van der Waals surface area contributed by atoms with Gasteiger partial charge in [-0.1, -0.05) is 11.6 Å². The van der Waals surface area contributed by atoms with Crippen LogP contribution in [0.15, 0.2) is 6.07 Å². The van der Waals surface area contributed by atoms with Crippen LogP contribution in [0.2, 0.25) is 5.02 Å². The first kappa shape index (κ1) is 13.4. The van der Waals surface area contributed by atoms with Crippen molar-refractivity contribution in [3.8, 4) is 5.75 Å². The number of hydrogen-bond donors (Lipinski definition) is 2. The third-order valence-electron chi connectivity index (χ3n) is 2.62. The molecule has 7 heteroatoms. The lowest BCUT2D eigenvalue weighted by Gasteiger charge is -2.10. The van der Waals surface area contributed by atoms with Crippen LogP contribution in [0, 0.1) is 0 Å². The molecule has 0 aliphatic carbocycles. The van der Waals surface area contributed by atoms with Crippen molar-refractivity contribution in [2.45, 2.75) is 13.8 Å².